The average molecular weight is 195 g/mol. The van der Waals surface area contributed by atoms with Gasteiger partial charge in [0.25, 0.3) is 5.96 Å². The minimum atomic E-state index is -0.0203. The zero-order valence-electron chi connectivity index (χ0n) is 7.29. The zero-order chi connectivity index (χ0) is 9.80. The van der Waals surface area contributed by atoms with Crippen LogP contribution in [0.15, 0.2) is 35.5 Å². The molecule has 1 aliphatic heterocycles. The van der Waals surface area contributed by atoms with E-state index in [1.165, 1.54) is 0 Å². The Balaban J connectivity index is 2.04. The molecule has 0 aromatic heterocycles. The van der Waals surface area contributed by atoms with Crippen LogP contribution in [0.3, 0.4) is 0 Å². The summed E-state index contributed by atoms with van der Waals surface area (Å²) in [5.41, 5.74) is 5.43. The van der Waals surface area contributed by atoms with Gasteiger partial charge in [0.05, 0.1) is 0 Å². The van der Waals surface area contributed by atoms with E-state index in [9.17, 15) is 0 Å². The van der Waals surface area contributed by atoms with Crippen LogP contribution < -0.4 is 10.6 Å². The SMILES string of the molecule is NC1=NOCON1Oc1ccccc1. The van der Waals surface area contributed by atoms with Gasteiger partial charge in [0.15, 0.2) is 5.75 Å². The summed E-state index contributed by atoms with van der Waals surface area (Å²) in [7, 11) is 0. The first-order valence-corrected chi connectivity index (χ1v) is 3.98. The highest BCUT2D eigenvalue weighted by Gasteiger charge is 2.16. The zero-order valence-corrected chi connectivity index (χ0v) is 7.29. The largest absolute Gasteiger partial charge is 0.362 e. The van der Waals surface area contributed by atoms with Gasteiger partial charge in [-0.1, -0.05) is 18.2 Å². The number of guanidine groups is 1. The predicted octanol–water partition coefficient (Wildman–Crippen LogP) is 0.431. The number of benzene rings is 1. The van der Waals surface area contributed by atoms with Crippen molar-refractivity contribution in [2.75, 3.05) is 6.79 Å². The molecule has 6 nitrogen and oxygen atoms in total. The van der Waals surface area contributed by atoms with E-state index in [0.717, 1.165) is 5.23 Å². The van der Waals surface area contributed by atoms with Crippen molar-refractivity contribution in [2.24, 2.45) is 10.9 Å². The Hall–Kier alpha value is -1.95. The molecule has 0 aliphatic carbocycles. The molecule has 14 heavy (non-hydrogen) atoms. The molecule has 0 amide bonds. The molecule has 2 N–H and O–H groups in total. The molecule has 6 heteroatoms. The van der Waals surface area contributed by atoms with E-state index in [-0.39, 0.29) is 12.8 Å². The van der Waals surface area contributed by atoms with E-state index in [2.05, 4.69) is 9.99 Å². The second-order valence-electron chi connectivity index (χ2n) is 2.49. The molecule has 0 saturated carbocycles. The molecule has 74 valence electrons. The predicted molar refractivity (Wildman–Crippen MR) is 47.6 cm³/mol. The molecule has 0 bridgehead atoms. The van der Waals surface area contributed by atoms with Crippen LogP contribution in [-0.4, -0.2) is 18.0 Å². The molecule has 2 rings (SSSR count). The molecule has 1 aliphatic rings. The maximum absolute atomic E-state index is 5.43. The van der Waals surface area contributed by atoms with Gasteiger partial charge in [-0.3, -0.25) is 0 Å². The van der Waals surface area contributed by atoms with Crippen molar-refractivity contribution in [3.8, 4) is 5.75 Å². The standard InChI is InChI=1S/C8H9N3O3/c9-8-10-12-6-13-11(8)14-7-4-2-1-3-5-7/h1-5H,6H2,(H2,9,10). The molecule has 1 aromatic rings. The average Bonchev–Trinajstić information content (AvgIpc) is 2.23. The second kappa shape index (κ2) is 3.84. The molecule has 0 unspecified atom stereocenters. The summed E-state index contributed by atoms with van der Waals surface area (Å²) >= 11 is 0. The van der Waals surface area contributed by atoms with Crippen LogP contribution in [0.2, 0.25) is 0 Å². The van der Waals surface area contributed by atoms with Crippen LogP contribution in [0.25, 0.3) is 0 Å². The number of hydrogen-bond acceptors (Lipinski definition) is 6. The third-order valence-electron chi connectivity index (χ3n) is 1.50. The summed E-state index contributed by atoms with van der Waals surface area (Å²) in [5, 5.41) is 4.48. The molecular formula is C8H9N3O3. The Kier molecular flexibility index (Phi) is 2.37. The summed E-state index contributed by atoms with van der Waals surface area (Å²) in [6.45, 7) is -0.0203. The highest BCUT2D eigenvalue weighted by molar-refractivity contribution is 5.75. The molecule has 0 fully saturated rings. The minimum absolute atomic E-state index is 0.0140. The van der Waals surface area contributed by atoms with Crippen molar-refractivity contribution in [1.29, 1.82) is 0 Å². The Labute approximate surface area is 80.4 Å². The van der Waals surface area contributed by atoms with E-state index in [1.54, 1.807) is 12.1 Å². The number of nitrogens with two attached hydrogens (primary N) is 1. The Morgan fingerprint density at radius 3 is 2.86 bits per heavy atom. The first kappa shape index (κ1) is 8.64. The number of hydroxylamine groups is 2. The van der Waals surface area contributed by atoms with Crippen molar-refractivity contribution in [2.45, 2.75) is 0 Å². The van der Waals surface area contributed by atoms with Crippen LogP contribution in [-0.2, 0) is 9.68 Å². The lowest BCUT2D eigenvalue weighted by Gasteiger charge is -2.23. The van der Waals surface area contributed by atoms with Crippen LogP contribution in [0.1, 0.15) is 0 Å². The lowest BCUT2D eigenvalue weighted by molar-refractivity contribution is -0.318. The quantitative estimate of drug-likeness (QED) is 0.741. The number of nitrogens with zero attached hydrogens (tertiary/aromatic N) is 2. The van der Waals surface area contributed by atoms with E-state index < -0.39 is 0 Å². The van der Waals surface area contributed by atoms with Crippen molar-refractivity contribution in [3.63, 3.8) is 0 Å². The third kappa shape index (κ3) is 1.86. The summed E-state index contributed by atoms with van der Waals surface area (Å²) in [6.07, 6.45) is 0. The summed E-state index contributed by atoms with van der Waals surface area (Å²) in [4.78, 5) is 14.7. The lowest BCUT2D eigenvalue weighted by atomic mass is 10.3. The fourth-order valence-electron chi connectivity index (χ4n) is 0.914. The van der Waals surface area contributed by atoms with Gasteiger partial charge in [-0.25, -0.2) is 0 Å². The normalized spacial score (nSPS) is 15.7. The molecule has 0 spiro atoms. The van der Waals surface area contributed by atoms with Gasteiger partial charge < -0.3 is 15.4 Å². The van der Waals surface area contributed by atoms with Gasteiger partial charge in [-0.05, 0) is 22.5 Å². The molecule has 1 aromatic carbocycles. The highest BCUT2D eigenvalue weighted by Crippen LogP contribution is 2.11. The summed E-state index contributed by atoms with van der Waals surface area (Å²) < 4.78 is 0. The van der Waals surface area contributed by atoms with Crippen molar-refractivity contribution in [3.05, 3.63) is 30.3 Å². The number of hydrogen-bond donors (Lipinski definition) is 1. The Morgan fingerprint density at radius 2 is 2.14 bits per heavy atom. The number of para-hydroxylation sites is 1. The summed E-state index contributed by atoms with van der Waals surface area (Å²) in [5.74, 6) is 0.618. The molecule has 0 atom stereocenters. The van der Waals surface area contributed by atoms with Gasteiger partial charge in [0.1, 0.15) is 0 Å². The third-order valence-corrected chi connectivity index (χ3v) is 1.50. The van der Waals surface area contributed by atoms with Gasteiger partial charge in [-0.15, -0.1) is 0 Å². The van der Waals surface area contributed by atoms with Crippen LogP contribution in [0.5, 0.6) is 5.75 Å². The monoisotopic (exact) mass is 195 g/mol. The van der Waals surface area contributed by atoms with E-state index >= 15 is 0 Å². The van der Waals surface area contributed by atoms with Crippen molar-refractivity contribution in [1.82, 2.24) is 5.23 Å². The van der Waals surface area contributed by atoms with Gasteiger partial charge >= 0.3 is 0 Å². The van der Waals surface area contributed by atoms with Gasteiger partial charge in [-0.2, -0.15) is 4.84 Å². The molecule has 1 heterocycles. The van der Waals surface area contributed by atoms with E-state index in [4.69, 9.17) is 15.4 Å². The first-order chi connectivity index (χ1) is 6.86. The maximum Gasteiger partial charge on any atom is 0.296 e. The highest BCUT2D eigenvalue weighted by atomic mass is 17.0. The lowest BCUT2D eigenvalue weighted by Crippen LogP contribution is -2.43. The number of rotatable bonds is 2. The van der Waals surface area contributed by atoms with Gasteiger partial charge in [0.2, 0.25) is 6.79 Å². The van der Waals surface area contributed by atoms with E-state index in [0.29, 0.717) is 5.75 Å². The van der Waals surface area contributed by atoms with Crippen LogP contribution in [0.4, 0.5) is 0 Å². The van der Waals surface area contributed by atoms with Crippen molar-refractivity contribution >= 4 is 5.96 Å². The van der Waals surface area contributed by atoms with Gasteiger partial charge in [0, 0.05) is 0 Å². The summed E-state index contributed by atoms with van der Waals surface area (Å²) in [6, 6.07) is 9.09. The second-order valence-corrected chi connectivity index (χ2v) is 2.49. The minimum Gasteiger partial charge on any atom is -0.362 e. The molecule has 0 saturated heterocycles. The van der Waals surface area contributed by atoms with E-state index in [1.807, 2.05) is 18.2 Å². The smallest absolute Gasteiger partial charge is 0.296 e. The maximum atomic E-state index is 5.43. The fourth-order valence-corrected chi connectivity index (χ4v) is 0.914. The molecule has 0 radical (unpaired) electrons. The van der Waals surface area contributed by atoms with Crippen LogP contribution >= 0.6 is 0 Å². The fraction of sp³-hybridized carbons (Fsp3) is 0.125. The first-order valence-electron chi connectivity index (χ1n) is 3.98. The molecular weight excluding hydrogens is 186 g/mol. The number of oxime groups is 1. The van der Waals surface area contributed by atoms with Crippen LogP contribution in [0, 0.1) is 0 Å². The Morgan fingerprint density at radius 1 is 1.36 bits per heavy atom. The van der Waals surface area contributed by atoms with Crippen molar-refractivity contribution < 1.29 is 14.5 Å². The Bertz CT molecular complexity index is 328. The topological polar surface area (TPSA) is 69.3 Å².